The summed E-state index contributed by atoms with van der Waals surface area (Å²) in [6.07, 6.45) is 9.11. The summed E-state index contributed by atoms with van der Waals surface area (Å²) in [6.45, 7) is 6.56. The molecule has 0 saturated heterocycles. The van der Waals surface area contributed by atoms with Crippen LogP contribution in [0.4, 0.5) is 0 Å². The Hall–Kier alpha value is -4.67. The number of imidazole rings is 1. The molecule has 0 amide bonds. The highest BCUT2D eigenvalue weighted by Gasteiger charge is 2.36. The first kappa shape index (κ1) is 30.8. The zero-order chi connectivity index (χ0) is 30.5. The Labute approximate surface area is 266 Å². The monoisotopic (exact) mass is 588 g/mol. The highest BCUT2D eigenvalue weighted by molar-refractivity contribution is 6.95. The highest BCUT2D eigenvalue weighted by atomic mass is 28.2. The molecule has 1 atom stereocenters. The number of rotatable bonds is 11. The van der Waals surface area contributed by atoms with Crippen LogP contribution < -0.4 is 16.4 Å². The van der Waals surface area contributed by atoms with Crippen LogP contribution in [0.5, 0.6) is 0 Å². The summed E-state index contributed by atoms with van der Waals surface area (Å²) in [5.41, 5.74) is 6.72. The molecule has 218 valence electrons. The predicted molar refractivity (Wildman–Crippen MR) is 193 cm³/mol. The van der Waals surface area contributed by atoms with Gasteiger partial charge in [-0.25, -0.2) is 4.98 Å². The molecular weight excluding hydrogens is 547 g/mol. The summed E-state index contributed by atoms with van der Waals surface area (Å²) >= 11 is 0. The normalized spacial score (nSPS) is 11.8. The molecule has 0 aliphatic rings. The fourth-order valence-corrected chi connectivity index (χ4v) is 8.81. The molecule has 0 fully saturated rings. The van der Waals surface area contributed by atoms with Crippen LogP contribution in [-0.2, 0) is 5.16 Å². The first-order valence-corrected chi connectivity index (χ1v) is 17.3. The van der Waals surface area contributed by atoms with Gasteiger partial charge in [-0.2, -0.15) is 0 Å². The van der Waals surface area contributed by atoms with Crippen LogP contribution in [0.15, 0.2) is 183 Å². The topological polar surface area (TPSA) is 17.8 Å². The molecule has 0 aliphatic carbocycles. The van der Waals surface area contributed by atoms with E-state index in [1.165, 1.54) is 33.6 Å². The Morgan fingerprint density at radius 3 is 1.45 bits per heavy atom. The van der Waals surface area contributed by atoms with Crippen molar-refractivity contribution in [2.24, 2.45) is 5.92 Å². The van der Waals surface area contributed by atoms with Crippen LogP contribution in [-0.4, -0.2) is 25.8 Å². The van der Waals surface area contributed by atoms with Crippen LogP contribution in [0.3, 0.4) is 0 Å². The zero-order valence-electron chi connectivity index (χ0n) is 25.6. The average Bonchev–Trinajstić information content (AvgIpc) is 3.64. The Morgan fingerprint density at radius 2 is 1.09 bits per heavy atom. The van der Waals surface area contributed by atoms with Gasteiger partial charge in [0.25, 0.3) is 0 Å². The summed E-state index contributed by atoms with van der Waals surface area (Å²) in [5.74, 6) is 0.666. The second-order valence-corrected chi connectivity index (χ2v) is 13.5. The lowest BCUT2D eigenvalue weighted by atomic mass is 9.37. The van der Waals surface area contributed by atoms with E-state index < -0.39 is 9.52 Å². The molecule has 0 spiro atoms. The molecule has 0 N–H and O–H groups in total. The van der Waals surface area contributed by atoms with Gasteiger partial charge >= 0.3 is 0 Å². The summed E-state index contributed by atoms with van der Waals surface area (Å²) in [7, 11) is -0.540. The van der Waals surface area contributed by atoms with E-state index in [0.717, 1.165) is 6.42 Å². The standard InChI is InChI=1S/C22H26N2Si.C18H15B/c1-3-10-19(2)17-25-22(24-16-15-23-18-24,20-11-6-4-7-12-20)21-13-8-5-9-14-21;1-4-10-16(11-5-1)19(17-12-6-2-7-13-17)18-14-8-3-9-15-18/h3-9,11-16,18-19H,1,10,17,25H2,2H3;1-15H. The summed E-state index contributed by atoms with van der Waals surface area (Å²) in [4.78, 5) is 4.37. The van der Waals surface area contributed by atoms with Gasteiger partial charge in [0.2, 0.25) is 6.71 Å². The van der Waals surface area contributed by atoms with E-state index in [0.29, 0.717) is 12.6 Å². The lowest BCUT2D eigenvalue weighted by Gasteiger charge is -2.37. The lowest BCUT2D eigenvalue weighted by Crippen LogP contribution is -2.51. The quantitative estimate of drug-likeness (QED) is 0.123. The molecule has 6 aromatic rings. The average molecular weight is 589 g/mol. The van der Waals surface area contributed by atoms with Gasteiger partial charge in [0.05, 0.1) is 21.0 Å². The second kappa shape index (κ2) is 15.7. The van der Waals surface area contributed by atoms with Crippen LogP contribution in [0.1, 0.15) is 24.5 Å². The van der Waals surface area contributed by atoms with E-state index in [1.54, 1.807) is 0 Å². The van der Waals surface area contributed by atoms with Crippen LogP contribution in [0, 0.1) is 5.92 Å². The summed E-state index contributed by atoms with van der Waals surface area (Å²) in [6, 6.07) is 55.1. The van der Waals surface area contributed by atoms with Crippen molar-refractivity contribution in [2.45, 2.75) is 24.6 Å². The van der Waals surface area contributed by atoms with Crippen LogP contribution in [0.25, 0.3) is 0 Å². The highest BCUT2D eigenvalue weighted by Crippen LogP contribution is 2.35. The zero-order valence-corrected chi connectivity index (χ0v) is 27.0. The maximum Gasteiger partial charge on any atom is 0.241 e. The maximum atomic E-state index is 4.37. The molecule has 44 heavy (non-hydrogen) atoms. The molecule has 2 nitrogen and oxygen atoms in total. The van der Waals surface area contributed by atoms with Crippen molar-refractivity contribution in [1.82, 2.24) is 9.55 Å². The number of allylic oxidation sites excluding steroid dienone is 1. The molecule has 0 aliphatic heterocycles. The Balaban J connectivity index is 0.000000181. The first-order valence-electron chi connectivity index (χ1n) is 15.6. The second-order valence-electron chi connectivity index (χ2n) is 11.4. The van der Waals surface area contributed by atoms with Gasteiger partial charge in [-0.3, -0.25) is 0 Å². The largest absolute Gasteiger partial charge is 0.327 e. The minimum atomic E-state index is -0.540. The van der Waals surface area contributed by atoms with Crippen molar-refractivity contribution in [3.05, 3.63) is 194 Å². The van der Waals surface area contributed by atoms with E-state index >= 15 is 0 Å². The smallest absolute Gasteiger partial charge is 0.241 e. The number of hydrogen-bond acceptors (Lipinski definition) is 1. The van der Waals surface area contributed by atoms with Gasteiger partial charge in [0, 0.05) is 12.4 Å². The molecule has 1 aromatic heterocycles. The predicted octanol–water partition coefficient (Wildman–Crippen LogP) is 6.63. The molecule has 0 radical (unpaired) electrons. The number of nitrogens with zero attached hydrogens (tertiary/aromatic N) is 2. The van der Waals surface area contributed by atoms with E-state index in [9.17, 15) is 0 Å². The lowest BCUT2D eigenvalue weighted by molar-refractivity contribution is 0.573. The molecule has 6 rings (SSSR count). The van der Waals surface area contributed by atoms with Crippen molar-refractivity contribution in [3.63, 3.8) is 0 Å². The van der Waals surface area contributed by atoms with E-state index in [4.69, 9.17) is 0 Å². The van der Waals surface area contributed by atoms with Gasteiger partial charge < -0.3 is 4.57 Å². The Morgan fingerprint density at radius 1 is 0.682 bits per heavy atom. The SMILES string of the molecule is C=CCC(C)C[SiH2]C(c1ccccc1)(c1ccccc1)n1ccnc1.c1ccc(B(c2ccccc2)c2ccccc2)cc1. The number of benzene rings is 5. The van der Waals surface area contributed by atoms with E-state index in [2.05, 4.69) is 181 Å². The van der Waals surface area contributed by atoms with E-state index in [1.807, 2.05) is 18.6 Å². The van der Waals surface area contributed by atoms with Crippen molar-refractivity contribution >= 4 is 32.6 Å². The molecule has 0 saturated carbocycles. The van der Waals surface area contributed by atoms with Gasteiger partial charge in [-0.05, 0) is 23.5 Å². The van der Waals surface area contributed by atoms with Crippen molar-refractivity contribution in [2.75, 3.05) is 0 Å². The Kier molecular flexibility index (Phi) is 11.0. The number of hydrogen-bond donors (Lipinski definition) is 0. The Bertz CT molecular complexity index is 1510. The summed E-state index contributed by atoms with van der Waals surface area (Å²) in [5, 5.41) is -0.103. The molecule has 5 aromatic carbocycles. The van der Waals surface area contributed by atoms with Crippen LogP contribution >= 0.6 is 0 Å². The molecule has 0 bridgehead atoms. The fourth-order valence-electron chi connectivity index (χ4n) is 6.17. The minimum absolute atomic E-state index is 0.103. The third-order valence-corrected chi connectivity index (χ3v) is 11.6. The fraction of sp³-hybridized carbons (Fsp3) is 0.125. The molecule has 1 unspecified atom stereocenters. The third-order valence-electron chi connectivity index (χ3n) is 8.41. The van der Waals surface area contributed by atoms with Crippen molar-refractivity contribution in [3.8, 4) is 0 Å². The number of aromatic nitrogens is 2. The van der Waals surface area contributed by atoms with Gasteiger partial charge in [0.15, 0.2) is 0 Å². The minimum Gasteiger partial charge on any atom is -0.327 e. The van der Waals surface area contributed by atoms with Gasteiger partial charge in [0.1, 0.15) is 0 Å². The summed E-state index contributed by atoms with van der Waals surface area (Å²) < 4.78 is 2.32. The molecular formula is C40H41BN2Si. The van der Waals surface area contributed by atoms with Gasteiger partial charge in [-0.1, -0.05) is 187 Å². The molecule has 4 heteroatoms. The third kappa shape index (κ3) is 7.45. The maximum absolute atomic E-state index is 4.37. The van der Waals surface area contributed by atoms with Crippen molar-refractivity contribution in [1.29, 1.82) is 0 Å². The van der Waals surface area contributed by atoms with E-state index in [-0.39, 0.29) is 5.16 Å². The molecule has 1 heterocycles. The van der Waals surface area contributed by atoms with Gasteiger partial charge in [-0.15, -0.1) is 6.58 Å². The first-order chi connectivity index (χ1) is 21.7. The van der Waals surface area contributed by atoms with Crippen molar-refractivity contribution < 1.29 is 0 Å². The van der Waals surface area contributed by atoms with Crippen LogP contribution in [0.2, 0.25) is 6.04 Å².